The van der Waals surface area contributed by atoms with Gasteiger partial charge in [-0.25, -0.2) is 4.39 Å². The normalized spacial score (nSPS) is 11.3. The van der Waals surface area contributed by atoms with E-state index in [1.807, 2.05) is 0 Å². The van der Waals surface area contributed by atoms with Crippen LogP contribution in [-0.4, -0.2) is 0 Å². The Kier molecular flexibility index (Phi) is 4.71. The minimum Gasteiger partial charge on any atom is -0.457 e. The maximum Gasteiger partial charge on any atom is 0.136 e. The molecule has 2 aromatic carbocycles. The number of rotatable bonds is 3. The van der Waals surface area contributed by atoms with Crippen LogP contribution in [0.25, 0.3) is 23.0 Å². The molecule has 0 aliphatic carbocycles. The SMILES string of the molecule is N#C/C(=C\c1ccc(-c2ccc(Cl)cc2Cl)o1)c1cccc(F)c1. The monoisotopic (exact) mass is 357 g/mol. The molecule has 3 rings (SSSR count). The maximum atomic E-state index is 13.3. The molecule has 0 aliphatic rings. The molecule has 3 aromatic rings. The van der Waals surface area contributed by atoms with E-state index in [9.17, 15) is 9.65 Å². The van der Waals surface area contributed by atoms with Crippen molar-refractivity contribution in [1.29, 1.82) is 5.26 Å². The largest absolute Gasteiger partial charge is 0.457 e. The van der Waals surface area contributed by atoms with Crippen LogP contribution in [0.3, 0.4) is 0 Å². The van der Waals surface area contributed by atoms with Crippen molar-refractivity contribution in [2.45, 2.75) is 0 Å². The minimum absolute atomic E-state index is 0.303. The molecule has 0 spiro atoms. The van der Waals surface area contributed by atoms with E-state index in [0.29, 0.717) is 38.3 Å². The predicted molar refractivity (Wildman–Crippen MR) is 94.0 cm³/mol. The second-order valence-corrected chi connectivity index (χ2v) is 5.85. The highest BCUT2D eigenvalue weighted by atomic mass is 35.5. The second kappa shape index (κ2) is 6.92. The zero-order valence-corrected chi connectivity index (χ0v) is 13.8. The molecule has 118 valence electrons. The van der Waals surface area contributed by atoms with Crippen LogP contribution in [0, 0.1) is 17.1 Å². The van der Waals surface area contributed by atoms with Gasteiger partial charge in [-0.05, 0) is 54.1 Å². The van der Waals surface area contributed by atoms with E-state index in [1.54, 1.807) is 48.5 Å². The lowest BCUT2D eigenvalue weighted by Gasteiger charge is -2.01. The number of nitrogens with zero attached hydrogens (tertiary/aromatic N) is 1. The van der Waals surface area contributed by atoms with Gasteiger partial charge in [0, 0.05) is 10.6 Å². The van der Waals surface area contributed by atoms with E-state index in [1.165, 1.54) is 12.1 Å². The maximum absolute atomic E-state index is 13.3. The molecule has 0 atom stereocenters. The number of hydrogen-bond donors (Lipinski definition) is 0. The van der Waals surface area contributed by atoms with Gasteiger partial charge >= 0.3 is 0 Å². The fourth-order valence-electron chi connectivity index (χ4n) is 2.24. The van der Waals surface area contributed by atoms with Gasteiger partial charge in [0.15, 0.2) is 0 Å². The average molecular weight is 358 g/mol. The van der Waals surface area contributed by atoms with E-state index < -0.39 is 5.82 Å². The third kappa shape index (κ3) is 3.51. The van der Waals surface area contributed by atoms with Gasteiger partial charge in [0.25, 0.3) is 0 Å². The molecule has 0 radical (unpaired) electrons. The van der Waals surface area contributed by atoms with Crippen molar-refractivity contribution in [1.82, 2.24) is 0 Å². The fraction of sp³-hybridized carbons (Fsp3) is 0. The Bertz CT molecular complexity index is 969. The molecule has 0 unspecified atom stereocenters. The third-order valence-corrected chi connectivity index (χ3v) is 3.91. The van der Waals surface area contributed by atoms with Crippen LogP contribution >= 0.6 is 23.2 Å². The Morgan fingerprint density at radius 2 is 1.92 bits per heavy atom. The summed E-state index contributed by atoms with van der Waals surface area (Å²) in [6.07, 6.45) is 1.56. The Morgan fingerprint density at radius 1 is 1.08 bits per heavy atom. The molecule has 0 fully saturated rings. The molecule has 0 saturated carbocycles. The molecule has 1 heterocycles. The Hall–Kier alpha value is -2.54. The molecule has 2 nitrogen and oxygen atoms in total. The van der Waals surface area contributed by atoms with Crippen molar-refractivity contribution in [3.05, 3.63) is 81.8 Å². The summed E-state index contributed by atoms with van der Waals surface area (Å²) in [6, 6.07) is 16.5. The third-order valence-electron chi connectivity index (χ3n) is 3.37. The van der Waals surface area contributed by atoms with Crippen LogP contribution in [0.2, 0.25) is 10.0 Å². The lowest BCUT2D eigenvalue weighted by molar-refractivity contribution is 0.572. The highest BCUT2D eigenvalue weighted by Crippen LogP contribution is 2.32. The van der Waals surface area contributed by atoms with Gasteiger partial charge in [0.05, 0.1) is 16.7 Å². The highest BCUT2D eigenvalue weighted by molar-refractivity contribution is 6.36. The number of nitriles is 1. The summed E-state index contributed by atoms with van der Waals surface area (Å²) in [5, 5.41) is 10.3. The zero-order valence-electron chi connectivity index (χ0n) is 12.3. The number of hydrogen-bond acceptors (Lipinski definition) is 2. The first-order valence-electron chi connectivity index (χ1n) is 7.00. The lowest BCUT2D eigenvalue weighted by Crippen LogP contribution is -1.83. The standard InChI is InChI=1S/C19H10Cl2FNO/c20-14-4-6-17(18(21)10-14)19-7-5-16(24-19)9-13(11-23)12-2-1-3-15(22)8-12/h1-10H/b13-9+. The molecule has 0 aliphatic heterocycles. The lowest BCUT2D eigenvalue weighted by atomic mass is 10.1. The van der Waals surface area contributed by atoms with Gasteiger partial charge in [0.2, 0.25) is 0 Å². The van der Waals surface area contributed by atoms with Crippen LogP contribution in [0.4, 0.5) is 4.39 Å². The first-order valence-corrected chi connectivity index (χ1v) is 7.75. The Morgan fingerprint density at radius 3 is 2.62 bits per heavy atom. The van der Waals surface area contributed by atoms with Crippen LogP contribution in [0.5, 0.6) is 0 Å². The summed E-state index contributed by atoms with van der Waals surface area (Å²) < 4.78 is 19.0. The van der Waals surface area contributed by atoms with Gasteiger partial charge in [0.1, 0.15) is 17.3 Å². The highest BCUT2D eigenvalue weighted by Gasteiger charge is 2.10. The molecule has 0 saturated heterocycles. The van der Waals surface area contributed by atoms with Gasteiger partial charge < -0.3 is 4.42 Å². The predicted octanol–water partition coefficient (Wildman–Crippen LogP) is 6.46. The first-order chi connectivity index (χ1) is 11.6. The van der Waals surface area contributed by atoms with Crippen molar-refractivity contribution in [2.75, 3.05) is 0 Å². The van der Waals surface area contributed by atoms with E-state index in [4.69, 9.17) is 27.6 Å². The van der Waals surface area contributed by atoms with Crippen molar-refractivity contribution in [2.24, 2.45) is 0 Å². The van der Waals surface area contributed by atoms with Gasteiger partial charge in [-0.15, -0.1) is 0 Å². The van der Waals surface area contributed by atoms with Crippen molar-refractivity contribution >= 4 is 34.9 Å². The summed E-state index contributed by atoms with van der Waals surface area (Å²) in [4.78, 5) is 0. The summed E-state index contributed by atoms with van der Waals surface area (Å²) >= 11 is 12.1. The van der Waals surface area contributed by atoms with Crippen molar-refractivity contribution < 1.29 is 8.81 Å². The summed E-state index contributed by atoms with van der Waals surface area (Å²) in [7, 11) is 0. The van der Waals surface area contributed by atoms with E-state index in [0.717, 1.165) is 0 Å². The fourth-order valence-corrected chi connectivity index (χ4v) is 2.74. The Labute approximate surface area is 148 Å². The number of benzene rings is 2. The molecule has 0 bridgehead atoms. The molecular formula is C19H10Cl2FNO. The molecule has 1 aromatic heterocycles. The van der Waals surface area contributed by atoms with Crippen LogP contribution in [0.15, 0.2) is 59.0 Å². The molecule has 0 N–H and O–H groups in total. The molecule has 0 amide bonds. The summed E-state index contributed by atoms with van der Waals surface area (Å²) in [5.74, 6) is 0.623. The molecular weight excluding hydrogens is 348 g/mol. The van der Waals surface area contributed by atoms with Gasteiger partial charge in [-0.3, -0.25) is 0 Å². The first kappa shape index (κ1) is 16.3. The van der Waals surface area contributed by atoms with E-state index in [2.05, 4.69) is 6.07 Å². The van der Waals surface area contributed by atoms with Gasteiger partial charge in [-0.1, -0.05) is 35.3 Å². The van der Waals surface area contributed by atoms with E-state index in [-0.39, 0.29) is 0 Å². The quantitative estimate of drug-likeness (QED) is 0.504. The zero-order chi connectivity index (χ0) is 17.1. The van der Waals surface area contributed by atoms with E-state index >= 15 is 0 Å². The average Bonchev–Trinajstić information content (AvgIpc) is 3.01. The van der Waals surface area contributed by atoms with Gasteiger partial charge in [-0.2, -0.15) is 5.26 Å². The van der Waals surface area contributed by atoms with Crippen LogP contribution in [0.1, 0.15) is 11.3 Å². The minimum atomic E-state index is -0.401. The van der Waals surface area contributed by atoms with Crippen molar-refractivity contribution in [3.63, 3.8) is 0 Å². The molecule has 5 heteroatoms. The number of halogens is 3. The van der Waals surface area contributed by atoms with Crippen LogP contribution in [-0.2, 0) is 0 Å². The second-order valence-electron chi connectivity index (χ2n) is 5.01. The smallest absolute Gasteiger partial charge is 0.136 e. The number of furan rings is 1. The van der Waals surface area contributed by atoms with Crippen LogP contribution < -0.4 is 0 Å². The summed E-state index contributed by atoms with van der Waals surface area (Å²) in [6.45, 7) is 0. The molecule has 24 heavy (non-hydrogen) atoms. The summed E-state index contributed by atoms with van der Waals surface area (Å²) in [5.41, 5.74) is 1.49. The Balaban J connectivity index is 1.96. The van der Waals surface area contributed by atoms with Crippen molar-refractivity contribution in [3.8, 4) is 17.4 Å². The topological polar surface area (TPSA) is 36.9 Å². The number of allylic oxidation sites excluding steroid dienone is 1.